The molecule has 1 saturated heterocycles. The molecular weight excluding hydrogens is 317 g/mol. The number of aromatic amines is 1. The van der Waals surface area contributed by atoms with E-state index in [1.807, 2.05) is 6.92 Å². The Bertz CT molecular complexity index is 808. The van der Waals surface area contributed by atoms with E-state index < -0.39 is 5.79 Å². The van der Waals surface area contributed by atoms with Crippen molar-refractivity contribution < 1.29 is 13.9 Å². The van der Waals surface area contributed by atoms with Gasteiger partial charge in [0.05, 0.1) is 18.1 Å². The van der Waals surface area contributed by atoms with Gasteiger partial charge in [-0.15, -0.1) is 11.3 Å². The summed E-state index contributed by atoms with van der Waals surface area (Å²) in [4.78, 5) is 12.9. The first-order valence-corrected chi connectivity index (χ1v) is 8.02. The van der Waals surface area contributed by atoms with Gasteiger partial charge in [0.2, 0.25) is 5.79 Å². The van der Waals surface area contributed by atoms with Crippen molar-refractivity contribution in [3.8, 4) is 22.0 Å². The van der Waals surface area contributed by atoms with Crippen molar-refractivity contribution in [1.82, 2.24) is 15.0 Å². The minimum atomic E-state index is -0.843. The zero-order valence-electron chi connectivity index (χ0n) is 12.4. The third kappa shape index (κ3) is 2.56. The molecule has 5 nitrogen and oxygen atoms in total. The Morgan fingerprint density at radius 3 is 2.61 bits per heavy atom. The molecule has 1 N–H and O–H groups in total. The molecule has 0 spiro atoms. The molecule has 1 aliphatic rings. The first-order chi connectivity index (χ1) is 11.2. The number of aromatic nitrogens is 3. The number of thiazole rings is 1. The van der Waals surface area contributed by atoms with Gasteiger partial charge in [0.1, 0.15) is 11.5 Å². The van der Waals surface area contributed by atoms with Crippen LogP contribution >= 0.6 is 11.3 Å². The van der Waals surface area contributed by atoms with Gasteiger partial charge in [0.15, 0.2) is 10.8 Å². The molecule has 0 saturated carbocycles. The first kappa shape index (κ1) is 14.5. The van der Waals surface area contributed by atoms with E-state index in [1.165, 1.54) is 23.5 Å². The minimum Gasteiger partial charge on any atom is -0.343 e. The quantitative estimate of drug-likeness (QED) is 0.797. The van der Waals surface area contributed by atoms with Crippen molar-refractivity contribution in [1.29, 1.82) is 0 Å². The molecule has 0 amide bonds. The first-order valence-electron chi connectivity index (χ1n) is 7.21. The molecule has 23 heavy (non-hydrogen) atoms. The van der Waals surface area contributed by atoms with Gasteiger partial charge in [0, 0.05) is 12.4 Å². The number of imidazole rings is 1. The number of nitrogens with one attached hydrogen (secondary N) is 1. The largest absolute Gasteiger partial charge is 0.343 e. The number of hydrogen-bond donors (Lipinski definition) is 1. The summed E-state index contributed by atoms with van der Waals surface area (Å²) in [6.45, 7) is 2.94. The number of H-pyrrole nitrogens is 1. The maximum atomic E-state index is 13.2. The lowest BCUT2D eigenvalue weighted by Crippen LogP contribution is -2.21. The fourth-order valence-electron chi connectivity index (χ4n) is 2.50. The van der Waals surface area contributed by atoms with Crippen LogP contribution in [0.25, 0.3) is 22.0 Å². The monoisotopic (exact) mass is 331 g/mol. The molecule has 3 aromatic rings. The van der Waals surface area contributed by atoms with Gasteiger partial charge in [0.25, 0.3) is 0 Å². The number of rotatable bonds is 3. The SMILES string of the molecule is CC1(c2nc(-c3ncc[nH]3)c(-c3ccc(F)cc3)s2)OCCO1. The summed E-state index contributed by atoms with van der Waals surface area (Å²) < 4.78 is 24.6. The highest BCUT2D eigenvalue weighted by Gasteiger charge is 2.37. The van der Waals surface area contributed by atoms with Gasteiger partial charge in [-0.1, -0.05) is 12.1 Å². The molecule has 1 fully saturated rings. The molecule has 0 aliphatic carbocycles. The minimum absolute atomic E-state index is 0.271. The lowest BCUT2D eigenvalue weighted by atomic mass is 10.1. The number of ether oxygens (including phenoxy) is 2. The van der Waals surface area contributed by atoms with E-state index >= 15 is 0 Å². The average molecular weight is 331 g/mol. The van der Waals surface area contributed by atoms with Crippen LogP contribution in [0.1, 0.15) is 11.9 Å². The van der Waals surface area contributed by atoms with E-state index in [-0.39, 0.29) is 5.82 Å². The van der Waals surface area contributed by atoms with Crippen LogP contribution in [0.5, 0.6) is 0 Å². The highest BCUT2D eigenvalue weighted by molar-refractivity contribution is 7.15. The summed E-state index contributed by atoms with van der Waals surface area (Å²) in [6, 6.07) is 6.34. The molecule has 1 aromatic carbocycles. The Morgan fingerprint density at radius 1 is 1.22 bits per heavy atom. The second-order valence-corrected chi connectivity index (χ2v) is 6.28. The molecule has 7 heteroatoms. The maximum absolute atomic E-state index is 13.2. The van der Waals surface area contributed by atoms with E-state index in [4.69, 9.17) is 9.47 Å². The van der Waals surface area contributed by atoms with Crippen LogP contribution in [-0.4, -0.2) is 28.2 Å². The highest BCUT2D eigenvalue weighted by atomic mass is 32.1. The average Bonchev–Trinajstić information content (AvgIpc) is 3.28. The third-order valence-electron chi connectivity index (χ3n) is 3.68. The van der Waals surface area contributed by atoms with E-state index in [0.29, 0.717) is 24.7 Å². The Hall–Kier alpha value is -2.09. The van der Waals surface area contributed by atoms with Crippen molar-refractivity contribution in [2.24, 2.45) is 0 Å². The van der Waals surface area contributed by atoms with Gasteiger partial charge in [-0.3, -0.25) is 0 Å². The molecule has 0 unspecified atom stereocenters. The molecule has 3 heterocycles. The van der Waals surface area contributed by atoms with Gasteiger partial charge in [-0.25, -0.2) is 14.4 Å². The van der Waals surface area contributed by atoms with Gasteiger partial charge in [-0.05, 0) is 24.6 Å². The molecular formula is C16H14FN3O2S. The maximum Gasteiger partial charge on any atom is 0.219 e. The lowest BCUT2D eigenvalue weighted by Gasteiger charge is -2.18. The number of hydrogen-bond acceptors (Lipinski definition) is 5. The van der Waals surface area contributed by atoms with Crippen molar-refractivity contribution in [2.75, 3.05) is 13.2 Å². The van der Waals surface area contributed by atoms with Crippen LogP contribution in [0, 0.1) is 5.82 Å². The Morgan fingerprint density at radius 2 is 1.96 bits per heavy atom. The summed E-state index contributed by atoms with van der Waals surface area (Å²) >= 11 is 1.47. The summed E-state index contributed by atoms with van der Waals surface area (Å²) in [6.07, 6.45) is 3.42. The van der Waals surface area contributed by atoms with Gasteiger partial charge in [-0.2, -0.15) is 0 Å². The smallest absolute Gasteiger partial charge is 0.219 e. The predicted octanol–water partition coefficient (Wildman–Crippen LogP) is 3.56. The van der Waals surface area contributed by atoms with Crippen LogP contribution in [0.2, 0.25) is 0 Å². The molecule has 1 aliphatic heterocycles. The van der Waals surface area contributed by atoms with Crippen LogP contribution < -0.4 is 0 Å². The molecule has 2 aromatic heterocycles. The van der Waals surface area contributed by atoms with Crippen LogP contribution in [-0.2, 0) is 15.3 Å². The van der Waals surface area contributed by atoms with E-state index in [1.54, 1.807) is 24.5 Å². The Labute approximate surface area is 136 Å². The van der Waals surface area contributed by atoms with Crippen LogP contribution in [0.15, 0.2) is 36.7 Å². The molecule has 0 atom stereocenters. The zero-order chi connectivity index (χ0) is 15.9. The standard InChI is InChI=1S/C16H14FN3O2S/c1-16(21-8-9-22-16)15-20-12(14-18-6-7-19-14)13(23-15)10-2-4-11(17)5-3-10/h2-7H,8-9H2,1H3,(H,18,19). The van der Waals surface area contributed by atoms with Crippen molar-refractivity contribution in [3.63, 3.8) is 0 Å². The zero-order valence-corrected chi connectivity index (χ0v) is 13.2. The fourth-order valence-corrected chi connectivity index (χ4v) is 3.63. The second kappa shape index (κ2) is 5.52. The third-order valence-corrected chi connectivity index (χ3v) is 4.97. The Kier molecular flexibility index (Phi) is 3.48. The number of halogens is 1. The van der Waals surface area contributed by atoms with Gasteiger partial charge >= 0.3 is 0 Å². The van der Waals surface area contributed by atoms with E-state index in [9.17, 15) is 4.39 Å². The van der Waals surface area contributed by atoms with Gasteiger partial charge < -0.3 is 14.5 Å². The predicted molar refractivity (Wildman–Crippen MR) is 84.3 cm³/mol. The molecule has 0 radical (unpaired) electrons. The molecule has 4 rings (SSSR count). The normalized spacial score (nSPS) is 16.8. The summed E-state index contributed by atoms with van der Waals surface area (Å²) in [5.74, 6) is -0.453. The van der Waals surface area contributed by atoms with Crippen molar-refractivity contribution in [2.45, 2.75) is 12.7 Å². The summed E-state index contributed by atoms with van der Waals surface area (Å²) in [5, 5.41) is 0.723. The van der Waals surface area contributed by atoms with Crippen molar-refractivity contribution in [3.05, 3.63) is 47.5 Å². The number of benzene rings is 1. The highest BCUT2D eigenvalue weighted by Crippen LogP contribution is 2.42. The van der Waals surface area contributed by atoms with Crippen LogP contribution in [0.4, 0.5) is 4.39 Å². The van der Waals surface area contributed by atoms with E-state index in [2.05, 4.69) is 15.0 Å². The molecule has 118 valence electrons. The Balaban J connectivity index is 1.86. The summed E-state index contributed by atoms with van der Waals surface area (Å²) in [5.41, 5.74) is 1.59. The molecule has 0 bridgehead atoms. The topological polar surface area (TPSA) is 60.0 Å². The van der Waals surface area contributed by atoms with E-state index in [0.717, 1.165) is 15.4 Å². The van der Waals surface area contributed by atoms with Crippen molar-refractivity contribution >= 4 is 11.3 Å². The van der Waals surface area contributed by atoms with Crippen LogP contribution in [0.3, 0.4) is 0 Å². The second-order valence-electron chi connectivity index (χ2n) is 5.28. The number of nitrogens with zero attached hydrogens (tertiary/aromatic N) is 2. The summed E-state index contributed by atoms with van der Waals surface area (Å²) in [7, 11) is 0. The fraction of sp³-hybridized carbons (Fsp3) is 0.250. The lowest BCUT2D eigenvalue weighted by molar-refractivity contribution is -0.149.